The van der Waals surface area contributed by atoms with Crippen molar-refractivity contribution in [3.8, 4) is 6.07 Å². The Balaban J connectivity index is 4.01. The molecule has 0 atom stereocenters. The normalized spacial score (nSPS) is 11.1. The fourth-order valence-corrected chi connectivity index (χ4v) is 4.21. The zero-order valence-electron chi connectivity index (χ0n) is 8.05. The molecule has 0 heterocycles. The van der Waals surface area contributed by atoms with E-state index < -0.39 is 7.14 Å². The lowest BCUT2D eigenvalue weighted by molar-refractivity contribution is 0.572. The summed E-state index contributed by atoms with van der Waals surface area (Å²) in [4.78, 5) is 0. The second-order valence-electron chi connectivity index (χ2n) is 3.14. The van der Waals surface area contributed by atoms with Gasteiger partial charge in [0.25, 0.3) is 0 Å². The number of hydrogen-bond donors (Lipinski definition) is 0. The molecule has 12 heavy (non-hydrogen) atoms. The van der Waals surface area contributed by atoms with Crippen molar-refractivity contribution in [3.63, 3.8) is 0 Å². The minimum absolute atomic E-state index is 0.456. The third-order valence-electron chi connectivity index (χ3n) is 1.89. The van der Waals surface area contributed by atoms with Gasteiger partial charge in [-0.15, -0.1) is 0 Å². The minimum Gasteiger partial charge on any atom is -0.324 e. The van der Waals surface area contributed by atoms with Gasteiger partial charge in [-0.1, -0.05) is 13.8 Å². The molecule has 0 aliphatic heterocycles. The van der Waals surface area contributed by atoms with Gasteiger partial charge in [-0.25, -0.2) is 0 Å². The summed E-state index contributed by atoms with van der Waals surface area (Å²) in [5.74, 6) is 0. The molecular weight excluding hydrogens is 169 g/mol. The molecule has 2 nitrogen and oxygen atoms in total. The standard InChI is InChI=1S/C9H18NOP/c1-3-7-12(11,8-4-2)9-5-6-10/h3-5,7-9H2,1-2H3. The highest BCUT2D eigenvalue weighted by molar-refractivity contribution is 7.63. The summed E-state index contributed by atoms with van der Waals surface area (Å²) in [5.41, 5.74) is 0. The van der Waals surface area contributed by atoms with E-state index in [0.717, 1.165) is 25.2 Å². The molecule has 0 aromatic heterocycles. The van der Waals surface area contributed by atoms with E-state index in [4.69, 9.17) is 5.26 Å². The molecule has 0 aromatic carbocycles. The topological polar surface area (TPSA) is 40.9 Å². The van der Waals surface area contributed by atoms with Gasteiger partial charge in [0, 0.05) is 24.9 Å². The van der Waals surface area contributed by atoms with Crippen LogP contribution in [0.2, 0.25) is 0 Å². The Labute approximate surface area is 75.3 Å². The lowest BCUT2D eigenvalue weighted by atomic mass is 10.5. The Hall–Kier alpha value is -0.280. The summed E-state index contributed by atoms with van der Waals surface area (Å²) in [6.07, 6.45) is 4.68. The van der Waals surface area contributed by atoms with Crippen LogP contribution in [0.15, 0.2) is 0 Å². The SMILES string of the molecule is CCCP(=O)(CCC)CCC#N. The highest BCUT2D eigenvalue weighted by Crippen LogP contribution is 2.46. The maximum Gasteiger partial charge on any atom is 0.0887 e. The first-order chi connectivity index (χ1) is 5.68. The number of nitrogens with zero attached hydrogens (tertiary/aromatic N) is 1. The Morgan fingerprint density at radius 1 is 1.17 bits per heavy atom. The summed E-state index contributed by atoms with van der Waals surface area (Å²) < 4.78 is 12.0. The maximum absolute atomic E-state index is 12.0. The van der Waals surface area contributed by atoms with Gasteiger partial charge in [-0.2, -0.15) is 5.26 Å². The fourth-order valence-electron chi connectivity index (χ4n) is 1.40. The van der Waals surface area contributed by atoms with E-state index in [1.807, 2.05) is 0 Å². The van der Waals surface area contributed by atoms with Crippen LogP contribution in [-0.2, 0) is 4.57 Å². The van der Waals surface area contributed by atoms with Crippen molar-refractivity contribution in [2.75, 3.05) is 18.5 Å². The first-order valence-corrected chi connectivity index (χ1v) is 6.89. The van der Waals surface area contributed by atoms with Crippen molar-refractivity contribution < 1.29 is 4.57 Å². The summed E-state index contributed by atoms with van der Waals surface area (Å²) in [6, 6.07) is 2.07. The van der Waals surface area contributed by atoms with Gasteiger partial charge >= 0.3 is 0 Å². The average Bonchev–Trinajstić information content (AvgIpc) is 2.02. The quantitative estimate of drug-likeness (QED) is 0.599. The van der Waals surface area contributed by atoms with E-state index in [0.29, 0.717) is 12.6 Å². The monoisotopic (exact) mass is 187 g/mol. The molecule has 0 radical (unpaired) electrons. The molecule has 0 aliphatic rings. The molecule has 0 saturated carbocycles. The highest BCUT2D eigenvalue weighted by atomic mass is 31.2. The minimum atomic E-state index is -1.96. The van der Waals surface area contributed by atoms with Gasteiger partial charge in [0.05, 0.1) is 13.2 Å². The smallest absolute Gasteiger partial charge is 0.0887 e. The Morgan fingerprint density at radius 2 is 1.67 bits per heavy atom. The molecule has 0 amide bonds. The van der Waals surface area contributed by atoms with Gasteiger partial charge in [-0.05, 0) is 12.8 Å². The predicted molar refractivity (Wildman–Crippen MR) is 53.0 cm³/mol. The van der Waals surface area contributed by atoms with E-state index in [1.54, 1.807) is 0 Å². The molecule has 0 fully saturated rings. The van der Waals surface area contributed by atoms with Gasteiger partial charge in [0.15, 0.2) is 0 Å². The first-order valence-electron chi connectivity index (χ1n) is 4.62. The Morgan fingerprint density at radius 3 is 2.00 bits per heavy atom. The van der Waals surface area contributed by atoms with E-state index >= 15 is 0 Å². The Kier molecular flexibility index (Phi) is 6.11. The maximum atomic E-state index is 12.0. The van der Waals surface area contributed by atoms with Crippen LogP contribution in [0, 0.1) is 11.3 Å². The lowest BCUT2D eigenvalue weighted by Gasteiger charge is -2.14. The van der Waals surface area contributed by atoms with Crippen molar-refractivity contribution in [2.24, 2.45) is 0 Å². The summed E-state index contributed by atoms with van der Waals surface area (Å²) >= 11 is 0. The molecule has 0 N–H and O–H groups in total. The van der Waals surface area contributed by atoms with Crippen LogP contribution < -0.4 is 0 Å². The first kappa shape index (κ1) is 11.7. The van der Waals surface area contributed by atoms with Crippen LogP contribution in [0.4, 0.5) is 0 Å². The molecule has 0 unspecified atom stereocenters. The summed E-state index contributed by atoms with van der Waals surface area (Å²) in [5, 5.41) is 8.39. The summed E-state index contributed by atoms with van der Waals surface area (Å²) in [7, 11) is -1.96. The predicted octanol–water partition coefficient (Wildman–Crippen LogP) is 3.08. The second-order valence-corrected chi connectivity index (χ2v) is 6.59. The van der Waals surface area contributed by atoms with Crippen molar-refractivity contribution in [3.05, 3.63) is 0 Å². The zero-order valence-corrected chi connectivity index (χ0v) is 8.94. The van der Waals surface area contributed by atoms with Crippen LogP contribution >= 0.6 is 7.14 Å². The molecule has 70 valence electrons. The molecular formula is C9H18NOP. The number of hydrogen-bond acceptors (Lipinski definition) is 2. The molecule has 0 aliphatic carbocycles. The van der Waals surface area contributed by atoms with Crippen LogP contribution in [0.1, 0.15) is 33.1 Å². The second kappa shape index (κ2) is 6.26. The van der Waals surface area contributed by atoms with E-state index in [9.17, 15) is 4.57 Å². The van der Waals surface area contributed by atoms with Crippen LogP contribution in [0.5, 0.6) is 0 Å². The van der Waals surface area contributed by atoms with Gasteiger partial charge in [0.2, 0.25) is 0 Å². The van der Waals surface area contributed by atoms with E-state index in [2.05, 4.69) is 19.9 Å². The molecule has 0 spiro atoms. The average molecular weight is 187 g/mol. The molecule has 3 heteroatoms. The van der Waals surface area contributed by atoms with Crippen molar-refractivity contribution in [1.29, 1.82) is 5.26 Å². The van der Waals surface area contributed by atoms with Crippen LogP contribution in [0.3, 0.4) is 0 Å². The number of rotatable bonds is 6. The molecule has 0 saturated heterocycles. The van der Waals surface area contributed by atoms with Gasteiger partial charge in [0.1, 0.15) is 0 Å². The van der Waals surface area contributed by atoms with Crippen molar-refractivity contribution >= 4 is 7.14 Å². The van der Waals surface area contributed by atoms with Gasteiger partial charge < -0.3 is 4.57 Å². The fraction of sp³-hybridized carbons (Fsp3) is 0.889. The molecule has 0 bridgehead atoms. The molecule has 0 rings (SSSR count). The highest BCUT2D eigenvalue weighted by Gasteiger charge is 2.18. The van der Waals surface area contributed by atoms with E-state index in [1.165, 1.54) is 0 Å². The van der Waals surface area contributed by atoms with Gasteiger partial charge in [-0.3, -0.25) is 0 Å². The molecule has 0 aromatic rings. The van der Waals surface area contributed by atoms with Crippen molar-refractivity contribution in [1.82, 2.24) is 0 Å². The van der Waals surface area contributed by atoms with E-state index in [-0.39, 0.29) is 0 Å². The zero-order chi connectivity index (χ0) is 9.45. The van der Waals surface area contributed by atoms with Crippen molar-refractivity contribution in [2.45, 2.75) is 33.1 Å². The summed E-state index contributed by atoms with van der Waals surface area (Å²) in [6.45, 7) is 4.10. The Bertz CT molecular complexity index is 185. The largest absolute Gasteiger partial charge is 0.324 e. The number of nitriles is 1. The van der Waals surface area contributed by atoms with Crippen LogP contribution in [0.25, 0.3) is 0 Å². The third kappa shape index (κ3) is 4.57. The van der Waals surface area contributed by atoms with Crippen LogP contribution in [-0.4, -0.2) is 18.5 Å². The lowest BCUT2D eigenvalue weighted by Crippen LogP contribution is -1.98. The third-order valence-corrected chi connectivity index (χ3v) is 5.46.